The first-order valence-electron chi connectivity index (χ1n) is 8.22. The van der Waals surface area contributed by atoms with Gasteiger partial charge in [-0.25, -0.2) is 0 Å². The lowest BCUT2D eigenvalue weighted by molar-refractivity contribution is -0.140. The Morgan fingerprint density at radius 1 is 1.12 bits per heavy atom. The van der Waals surface area contributed by atoms with Gasteiger partial charge in [0.05, 0.1) is 6.54 Å². The van der Waals surface area contributed by atoms with E-state index in [-0.39, 0.29) is 19.1 Å². The van der Waals surface area contributed by atoms with Gasteiger partial charge in [0.15, 0.2) is 11.5 Å². The second-order valence-corrected chi connectivity index (χ2v) is 5.94. The molecule has 1 atom stereocenters. The molecule has 1 aliphatic heterocycles. The van der Waals surface area contributed by atoms with E-state index >= 15 is 0 Å². The molecular weight excluding hydrogens is 334 g/mol. The van der Waals surface area contributed by atoms with Gasteiger partial charge >= 0.3 is 0 Å². The predicted molar refractivity (Wildman–Crippen MR) is 92.6 cm³/mol. The van der Waals surface area contributed by atoms with Crippen molar-refractivity contribution in [3.05, 3.63) is 60.5 Å². The zero-order valence-corrected chi connectivity index (χ0v) is 14.2. The quantitative estimate of drug-likeness (QED) is 0.719. The van der Waals surface area contributed by atoms with Gasteiger partial charge in [-0.05, 0) is 12.1 Å². The highest BCUT2D eigenvalue weighted by Gasteiger charge is 2.30. The molecule has 7 heteroatoms. The summed E-state index contributed by atoms with van der Waals surface area (Å²) >= 11 is 0. The summed E-state index contributed by atoms with van der Waals surface area (Å²) in [6.45, 7) is 0.361. The molecule has 0 spiro atoms. The van der Waals surface area contributed by atoms with E-state index in [0.717, 1.165) is 5.56 Å². The van der Waals surface area contributed by atoms with Crippen molar-refractivity contribution in [1.82, 2.24) is 15.0 Å². The van der Waals surface area contributed by atoms with Crippen molar-refractivity contribution in [3.63, 3.8) is 0 Å². The third kappa shape index (κ3) is 3.23. The average Bonchev–Trinajstić information content (AvgIpc) is 3.16. The minimum atomic E-state index is -0.702. The van der Waals surface area contributed by atoms with Gasteiger partial charge in [-0.2, -0.15) is 4.98 Å². The van der Waals surface area contributed by atoms with Gasteiger partial charge in [-0.3, -0.25) is 4.79 Å². The zero-order chi connectivity index (χ0) is 17.9. The number of hydrogen-bond acceptors (Lipinski definition) is 6. The van der Waals surface area contributed by atoms with Crippen LogP contribution in [0.4, 0.5) is 0 Å². The molecule has 0 aliphatic carbocycles. The van der Waals surface area contributed by atoms with Gasteiger partial charge in [-0.1, -0.05) is 47.6 Å². The van der Waals surface area contributed by atoms with E-state index in [1.54, 1.807) is 13.1 Å². The first-order valence-corrected chi connectivity index (χ1v) is 8.22. The smallest absolute Gasteiger partial charge is 0.267 e. The summed E-state index contributed by atoms with van der Waals surface area (Å²) in [5.74, 6) is 1.85. The largest absolute Gasteiger partial charge is 0.485 e. The van der Waals surface area contributed by atoms with Gasteiger partial charge in [0.2, 0.25) is 17.8 Å². The summed E-state index contributed by atoms with van der Waals surface area (Å²) in [4.78, 5) is 18.5. The SMILES string of the molecule is CN(Cc1nc(-c2ccccc2)no1)C(=O)[C@H]1COc2ccccc2O1. The van der Waals surface area contributed by atoms with Gasteiger partial charge < -0.3 is 18.9 Å². The Balaban J connectivity index is 1.42. The number of fused-ring (bicyclic) bond motifs is 1. The topological polar surface area (TPSA) is 77.7 Å². The Hall–Kier alpha value is -3.35. The molecule has 0 bridgehead atoms. The number of aromatic nitrogens is 2. The van der Waals surface area contributed by atoms with Crippen LogP contribution in [-0.2, 0) is 11.3 Å². The maximum absolute atomic E-state index is 12.6. The highest BCUT2D eigenvalue weighted by molar-refractivity contribution is 5.81. The second-order valence-electron chi connectivity index (χ2n) is 5.94. The van der Waals surface area contributed by atoms with Crippen molar-refractivity contribution in [1.29, 1.82) is 0 Å². The number of para-hydroxylation sites is 2. The molecule has 1 aliphatic rings. The van der Waals surface area contributed by atoms with Gasteiger partial charge in [0.1, 0.15) is 6.61 Å². The summed E-state index contributed by atoms with van der Waals surface area (Å²) < 4.78 is 16.6. The Bertz CT molecular complexity index is 910. The number of amides is 1. The molecule has 3 aromatic rings. The highest BCUT2D eigenvalue weighted by atomic mass is 16.6. The number of ether oxygens (including phenoxy) is 2. The van der Waals surface area contributed by atoms with E-state index in [9.17, 15) is 4.79 Å². The van der Waals surface area contributed by atoms with E-state index in [0.29, 0.717) is 23.2 Å². The van der Waals surface area contributed by atoms with E-state index in [1.165, 1.54) is 4.90 Å². The first-order chi connectivity index (χ1) is 12.7. The fourth-order valence-corrected chi connectivity index (χ4v) is 2.69. The van der Waals surface area contributed by atoms with Crippen molar-refractivity contribution in [2.45, 2.75) is 12.6 Å². The molecule has 0 saturated heterocycles. The Morgan fingerprint density at radius 3 is 2.65 bits per heavy atom. The van der Waals surface area contributed by atoms with Crippen molar-refractivity contribution in [2.75, 3.05) is 13.7 Å². The van der Waals surface area contributed by atoms with Crippen LogP contribution in [-0.4, -0.2) is 40.7 Å². The number of likely N-dealkylation sites (N-methyl/N-ethyl adjacent to an activating group) is 1. The van der Waals surface area contributed by atoms with Gasteiger partial charge in [0.25, 0.3) is 5.91 Å². The Kier molecular flexibility index (Phi) is 4.27. The fourth-order valence-electron chi connectivity index (χ4n) is 2.69. The molecule has 0 N–H and O–H groups in total. The molecule has 2 heterocycles. The van der Waals surface area contributed by atoms with Crippen molar-refractivity contribution < 1.29 is 18.8 Å². The normalized spacial score (nSPS) is 15.5. The maximum Gasteiger partial charge on any atom is 0.267 e. The lowest BCUT2D eigenvalue weighted by atomic mass is 10.2. The van der Waals surface area contributed by atoms with Crippen LogP contribution < -0.4 is 9.47 Å². The average molecular weight is 351 g/mol. The molecule has 132 valence electrons. The summed E-state index contributed by atoms with van der Waals surface area (Å²) in [5, 5.41) is 3.96. The van der Waals surface area contributed by atoms with Crippen LogP contribution in [0, 0.1) is 0 Å². The monoisotopic (exact) mass is 351 g/mol. The molecule has 2 aromatic carbocycles. The van der Waals surface area contributed by atoms with E-state index in [2.05, 4.69) is 10.1 Å². The second kappa shape index (κ2) is 6.87. The lowest BCUT2D eigenvalue weighted by Crippen LogP contribution is -2.44. The third-order valence-electron chi connectivity index (χ3n) is 4.03. The standard InChI is InChI=1S/C19H17N3O4/c1-22(11-17-20-18(21-26-17)13-7-3-2-4-8-13)19(23)16-12-24-14-9-5-6-10-15(14)25-16/h2-10,16H,11-12H2,1H3/t16-/m1/s1. The molecule has 0 unspecified atom stereocenters. The molecule has 7 nitrogen and oxygen atoms in total. The molecule has 0 saturated carbocycles. The van der Waals surface area contributed by atoms with Crippen LogP contribution >= 0.6 is 0 Å². The minimum absolute atomic E-state index is 0.166. The van der Waals surface area contributed by atoms with Gasteiger partial charge in [-0.15, -0.1) is 0 Å². The number of carbonyl (C=O) groups excluding carboxylic acids is 1. The van der Waals surface area contributed by atoms with Crippen LogP contribution in [0.15, 0.2) is 59.1 Å². The summed E-state index contributed by atoms with van der Waals surface area (Å²) in [6.07, 6.45) is -0.702. The van der Waals surface area contributed by atoms with Crippen LogP contribution in [0.5, 0.6) is 11.5 Å². The van der Waals surface area contributed by atoms with Crippen molar-refractivity contribution in [2.24, 2.45) is 0 Å². The molecule has 26 heavy (non-hydrogen) atoms. The minimum Gasteiger partial charge on any atom is -0.485 e. The number of nitrogens with zero attached hydrogens (tertiary/aromatic N) is 3. The fraction of sp³-hybridized carbons (Fsp3) is 0.211. The molecule has 0 radical (unpaired) electrons. The molecular formula is C19H17N3O4. The summed E-state index contributed by atoms with van der Waals surface area (Å²) in [6, 6.07) is 16.8. The van der Waals surface area contributed by atoms with Crippen molar-refractivity contribution >= 4 is 5.91 Å². The number of rotatable bonds is 4. The van der Waals surface area contributed by atoms with Crippen LogP contribution in [0.2, 0.25) is 0 Å². The summed E-state index contributed by atoms with van der Waals surface area (Å²) in [5.41, 5.74) is 0.858. The van der Waals surface area contributed by atoms with E-state index < -0.39 is 6.10 Å². The third-order valence-corrected chi connectivity index (χ3v) is 4.03. The summed E-state index contributed by atoms with van der Waals surface area (Å²) in [7, 11) is 1.67. The van der Waals surface area contributed by atoms with Crippen molar-refractivity contribution in [3.8, 4) is 22.9 Å². The highest BCUT2D eigenvalue weighted by Crippen LogP contribution is 2.31. The Labute approximate surface area is 150 Å². The number of carbonyl (C=O) groups is 1. The first kappa shape index (κ1) is 16.1. The number of hydrogen-bond donors (Lipinski definition) is 0. The van der Waals surface area contributed by atoms with Crippen LogP contribution in [0.3, 0.4) is 0 Å². The van der Waals surface area contributed by atoms with E-state index in [4.69, 9.17) is 14.0 Å². The zero-order valence-electron chi connectivity index (χ0n) is 14.2. The van der Waals surface area contributed by atoms with E-state index in [1.807, 2.05) is 48.5 Å². The molecule has 1 aromatic heterocycles. The Morgan fingerprint density at radius 2 is 1.85 bits per heavy atom. The lowest BCUT2D eigenvalue weighted by Gasteiger charge is -2.28. The predicted octanol–water partition coefficient (Wildman–Crippen LogP) is 2.54. The number of benzene rings is 2. The van der Waals surface area contributed by atoms with Gasteiger partial charge in [0, 0.05) is 12.6 Å². The molecule has 0 fully saturated rings. The molecule has 1 amide bonds. The molecule has 4 rings (SSSR count). The van der Waals surface area contributed by atoms with Crippen LogP contribution in [0.25, 0.3) is 11.4 Å². The maximum atomic E-state index is 12.6. The van der Waals surface area contributed by atoms with Crippen LogP contribution in [0.1, 0.15) is 5.89 Å².